The lowest BCUT2D eigenvalue weighted by Gasteiger charge is -2.27. The number of pyridine rings is 5. The van der Waals surface area contributed by atoms with Gasteiger partial charge in [0.05, 0.1) is 65.0 Å². The zero-order valence-electron chi connectivity index (χ0n) is 77.0. The molecule has 0 fully saturated rings. The normalized spacial score (nSPS) is 11.6. The van der Waals surface area contributed by atoms with Gasteiger partial charge in [-0.25, -0.2) is 19.9 Å². The summed E-state index contributed by atoms with van der Waals surface area (Å²) >= 11 is 0. The molecule has 0 aliphatic heterocycles. The average Bonchev–Trinajstić information content (AvgIpc) is 1.50. The van der Waals surface area contributed by atoms with Gasteiger partial charge in [0.15, 0.2) is 0 Å². The molecule has 0 spiro atoms. The van der Waals surface area contributed by atoms with Crippen LogP contribution in [0.2, 0.25) is 0 Å². The minimum Gasteiger partial charge on any atom is -0.360 e. The first-order valence-electron chi connectivity index (χ1n) is 43.7. The molecule has 0 aliphatic carbocycles. The summed E-state index contributed by atoms with van der Waals surface area (Å²) in [6.45, 7) is 46.8. The smallest absolute Gasteiger partial charge is 0.360 e. The van der Waals surface area contributed by atoms with E-state index < -0.39 is 11.7 Å². The lowest BCUT2D eigenvalue weighted by atomic mass is 10.0. The van der Waals surface area contributed by atoms with Crippen molar-refractivity contribution in [3.05, 3.63) is 156 Å². The van der Waals surface area contributed by atoms with Gasteiger partial charge in [0, 0.05) is 179 Å². The molecule has 10 aromatic heterocycles. The Balaban J connectivity index is 0.000000233. The van der Waals surface area contributed by atoms with E-state index in [4.69, 9.17) is 4.98 Å². The Morgan fingerprint density at radius 1 is 0.333 bits per heavy atom. The van der Waals surface area contributed by atoms with Gasteiger partial charge in [-0.2, -0.15) is 38.7 Å². The number of aromatic amines is 5. The molecule has 10 aromatic rings. The summed E-state index contributed by atoms with van der Waals surface area (Å²) in [4.78, 5) is 42.8. The monoisotopic (exact) mass is 1660 g/mol. The van der Waals surface area contributed by atoms with Gasteiger partial charge in [-0.15, -0.1) is 0 Å². The minimum atomic E-state index is -4.42. The summed E-state index contributed by atoms with van der Waals surface area (Å²) < 4.78 is 39.2. The standard InChI is InChI=1S/C22H37N5.C20H33N5.C19H31N5.C18H29N5.C14H17F3N4/c1-7-8-11-26(6)16-20-13-24-25-22(20)19-9-10-21(23-12-19)27(14-17(2)3)15-18(4)5;1-6-7-11-24(4)15-18-14-22-23-20(18)17-8-9-19(21-13-17)25(5)12-10-16(2)3;1-6-7-10-23(4)14-17-12-21-22-19(17)16-8-9-18(20-11-16)24(5)13-15(2)3;1-6-7-10-22(4)13-16-12-20-21-18(16)15-8-9-17(19-11-15)23(5)14(2)3;1-3-6-21(2)9-10-7-19-20-13(10)11-8-18-5-4-12(11)14(15,16)17/h9-10,12-13,17-18H,7-8,11,14-16H2,1-6H3,(H,24,25);8-9,13-14,16H,6-7,10-12,15H2,1-5H3,(H,22,23);8-9,11-12,15H,6-7,10,13-14H2,1-5H3,(H,21,22);8-9,11-12,14H,6-7,10,13H2,1-5H3,(H,20,21);4-5,7-8H,3,6,9H2,1-2H3,(H,19,20). The van der Waals surface area contributed by atoms with Crippen LogP contribution in [0.5, 0.6) is 0 Å². The lowest BCUT2D eigenvalue weighted by Crippen LogP contribution is -2.31. The van der Waals surface area contributed by atoms with Crippen LogP contribution in [0.3, 0.4) is 0 Å². The van der Waals surface area contributed by atoms with Crippen molar-refractivity contribution in [3.8, 4) is 56.3 Å². The fourth-order valence-electron chi connectivity index (χ4n) is 13.8. The lowest BCUT2D eigenvalue weighted by molar-refractivity contribution is -0.137. The molecule has 0 saturated heterocycles. The Kier molecular flexibility index (Phi) is 43.1. The number of unbranched alkanes of at least 4 members (excludes halogenated alkanes) is 4. The van der Waals surface area contributed by atoms with Crippen molar-refractivity contribution in [1.82, 2.24) is 100 Å². The first kappa shape index (κ1) is 99.4. The molecule has 0 bridgehead atoms. The van der Waals surface area contributed by atoms with Crippen molar-refractivity contribution in [1.29, 1.82) is 0 Å². The molecule has 0 saturated carbocycles. The molecular weight excluding hydrogens is 1510 g/mol. The maximum atomic E-state index is 13.1. The van der Waals surface area contributed by atoms with Gasteiger partial charge in [0.1, 0.15) is 23.3 Å². The number of hydrogen-bond donors (Lipinski definition) is 5. The zero-order valence-corrected chi connectivity index (χ0v) is 77.0. The van der Waals surface area contributed by atoms with Crippen LogP contribution in [0.1, 0.15) is 201 Å². The van der Waals surface area contributed by atoms with Crippen molar-refractivity contribution < 1.29 is 13.2 Å². The first-order valence-corrected chi connectivity index (χ1v) is 43.7. The van der Waals surface area contributed by atoms with Gasteiger partial charge in [-0.05, 0) is 199 Å². The summed E-state index contributed by atoms with van der Waals surface area (Å²) in [5.41, 5.74) is 14.0. The molecule has 0 aliphatic rings. The highest BCUT2D eigenvalue weighted by Crippen LogP contribution is 2.38. The molecular formula is C93H147F3N24. The van der Waals surface area contributed by atoms with Gasteiger partial charge in [0.25, 0.3) is 0 Å². The van der Waals surface area contributed by atoms with Crippen molar-refractivity contribution >= 4 is 23.3 Å². The van der Waals surface area contributed by atoms with Gasteiger partial charge in [0.2, 0.25) is 0 Å². The van der Waals surface area contributed by atoms with Crippen LogP contribution < -0.4 is 19.6 Å². The highest BCUT2D eigenvalue weighted by atomic mass is 19.4. The van der Waals surface area contributed by atoms with Gasteiger partial charge < -0.3 is 44.1 Å². The van der Waals surface area contributed by atoms with Crippen molar-refractivity contribution in [3.63, 3.8) is 0 Å². The first-order chi connectivity index (χ1) is 57.4. The van der Waals surface area contributed by atoms with E-state index >= 15 is 0 Å². The highest BCUT2D eigenvalue weighted by Gasteiger charge is 2.35. The SMILES string of the molecule is CCCCN(C)Cc1cn[nH]c1-c1ccc(N(C)C(C)C)nc1.CCCCN(C)Cc1cn[nH]c1-c1ccc(N(C)CC(C)C)nc1.CCCCN(C)Cc1cn[nH]c1-c1ccc(N(C)CCC(C)C)nc1.CCCCN(C)Cc1cn[nH]c1-c1ccc(N(CC(C)C)CC(C)C)nc1.CCCN(C)Cc1cn[nH]c1-c1cnccc1C(F)(F)F. The number of nitrogens with one attached hydrogen (secondary N) is 5. The van der Waals surface area contributed by atoms with Crippen LogP contribution in [0, 0.1) is 23.7 Å². The molecule has 27 heteroatoms. The third-order valence-electron chi connectivity index (χ3n) is 20.6. The van der Waals surface area contributed by atoms with Crippen LogP contribution in [-0.2, 0) is 38.9 Å². The molecule has 10 rings (SSSR count). The van der Waals surface area contributed by atoms with E-state index in [0.29, 0.717) is 42.0 Å². The molecule has 0 unspecified atom stereocenters. The fourth-order valence-corrected chi connectivity index (χ4v) is 13.8. The number of anilines is 4. The van der Waals surface area contributed by atoms with E-state index in [-0.39, 0.29) is 5.56 Å². The molecule has 120 heavy (non-hydrogen) atoms. The number of alkyl halides is 3. The summed E-state index contributed by atoms with van der Waals surface area (Å²) in [5, 5.41) is 36.1. The van der Waals surface area contributed by atoms with Crippen molar-refractivity contribution in [2.45, 2.75) is 213 Å². The highest BCUT2D eigenvalue weighted by molar-refractivity contribution is 5.68. The Hall–Kier alpha value is -9.41. The second-order valence-corrected chi connectivity index (χ2v) is 34.3. The van der Waals surface area contributed by atoms with Crippen LogP contribution >= 0.6 is 0 Å². The molecule has 0 amide bonds. The Bertz CT molecular complexity index is 4340. The molecule has 0 atom stereocenters. The summed E-state index contributed by atoms with van der Waals surface area (Å²) in [6.07, 6.45) is 27.0. The molecule has 660 valence electrons. The topological polar surface area (TPSA) is 237 Å². The van der Waals surface area contributed by atoms with E-state index in [1.54, 1.807) is 6.20 Å². The largest absolute Gasteiger partial charge is 0.417 e. The fraction of sp³-hybridized carbons (Fsp3) is 0.570. The van der Waals surface area contributed by atoms with Crippen LogP contribution in [-0.4, -0.2) is 222 Å². The Morgan fingerprint density at radius 3 is 0.967 bits per heavy atom. The zero-order chi connectivity index (χ0) is 87.8. The van der Waals surface area contributed by atoms with E-state index in [1.165, 1.54) is 86.2 Å². The van der Waals surface area contributed by atoms with Gasteiger partial charge in [-0.3, -0.25) is 30.5 Å². The molecule has 24 nitrogen and oxygen atoms in total. The van der Waals surface area contributed by atoms with E-state index in [9.17, 15) is 13.2 Å². The van der Waals surface area contributed by atoms with Crippen molar-refractivity contribution in [2.75, 3.05) is 135 Å². The summed E-state index contributed by atoms with van der Waals surface area (Å²) in [5.74, 6) is 6.63. The average molecular weight is 1660 g/mol. The summed E-state index contributed by atoms with van der Waals surface area (Å²) in [7, 11) is 16.8. The molecule has 0 aromatic carbocycles. The van der Waals surface area contributed by atoms with Gasteiger partial charge >= 0.3 is 6.18 Å². The minimum absolute atomic E-state index is 0.0300. The Labute approximate surface area is 717 Å². The summed E-state index contributed by atoms with van der Waals surface area (Å²) in [6, 6.07) is 18.4. The third-order valence-corrected chi connectivity index (χ3v) is 20.6. The molecule has 5 N–H and O–H groups in total. The predicted molar refractivity (Wildman–Crippen MR) is 492 cm³/mol. The van der Waals surface area contributed by atoms with E-state index in [1.807, 2.05) is 61.5 Å². The molecule has 10 heterocycles. The number of nitrogens with zero attached hydrogens (tertiary/aromatic N) is 19. The quantitative estimate of drug-likeness (QED) is 0.0239. The third kappa shape index (κ3) is 33.5. The molecule has 0 radical (unpaired) electrons. The van der Waals surface area contributed by atoms with Crippen molar-refractivity contribution in [2.24, 2.45) is 23.7 Å². The van der Waals surface area contributed by atoms with E-state index in [0.717, 1.165) is 178 Å². The number of hydrogen-bond acceptors (Lipinski definition) is 19. The van der Waals surface area contributed by atoms with E-state index in [2.05, 4.69) is 312 Å². The number of aromatic nitrogens is 15. The predicted octanol–water partition coefficient (Wildman–Crippen LogP) is 19.7. The second kappa shape index (κ2) is 52.0. The number of H-pyrrole nitrogens is 5. The Morgan fingerprint density at radius 2 is 0.658 bits per heavy atom. The second-order valence-electron chi connectivity index (χ2n) is 34.3. The maximum absolute atomic E-state index is 13.1. The number of rotatable bonds is 43. The van der Waals surface area contributed by atoms with Crippen LogP contribution in [0.25, 0.3) is 56.3 Å². The van der Waals surface area contributed by atoms with Crippen LogP contribution in [0.4, 0.5) is 36.4 Å². The van der Waals surface area contributed by atoms with Gasteiger partial charge in [-0.1, -0.05) is 116 Å². The van der Waals surface area contributed by atoms with Crippen LogP contribution in [0.15, 0.2) is 123 Å². The maximum Gasteiger partial charge on any atom is 0.417 e. The number of halogens is 3.